The first-order valence-electron chi connectivity index (χ1n) is 8.98. The highest BCUT2D eigenvalue weighted by atomic mass is 32.2. The summed E-state index contributed by atoms with van der Waals surface area (Å²) in [6, 6.07) is 10.1. The van der Waals surface area contributed by atoms with E-state index in [9.17, 15) is 4.79 Å². The van der Waals surface area contributed by atoms with Gasteiger partial charge in [-0.1, -0.05) is 18.1 Å². The molecule has 0 aliphatic carbocycles. The molecule has 5 nitrogen and oxygen atoms in total. The molecule has 1 N–H and O–H groups in total. The van der Waals surface area contributed by atoms with Crippen LogP contribution in [0.2, 0.25) is 0 Å². The maximum atomic E-state index is 11.4. The van der Waals surface area contributed by atoms with Crippen molar-refractivity contribution in [2.75, 3.05) is 19.4 Å². The van der Waals surface area contributed by atoms with Gasteiger partial charge < -0.3 is 14.6 Å². The predicted molar refractivity (Wildman–Crippen MR) is 115 cm³/mol. The van der Waals surface area contributed by atoms with Gasteiger partial charge in [0, 0.05) is 42.6 Å². The highest BCUT2D eigenvalue weighted by Gasteiger charge is 2.20. The number of amides is 1. The number of ether oxygens (including phenoxy) is 1. The molecule has 6 heteroatoms. The summed E-state index contributed by atoms with van der Waals surface area (Å²) in [5.41, 5.74) is 4.07. The Hall–Kier alpha value is -2.91. The number of hydrogen-bond acceptors (Lipinski definition) is 4. The number of carbonyl (C=O) groups is 1. The van der Waals surface area contributed by atoms with Crippen LogP contribution in [0.5, 0.6) is 5.75 Å². The standard InChI is InChI=1S/C22H23N3O2S/c1-5-12-28-16-13-19-17(10-11-23-15(2)26)21(25(3)22(19)24-14-16)18-8-6-7-9-20(18)27-4/h1,6-9,13-14H,10-12H2,2-4H3,(H,23,26). The zero-order chi connectivity index (χ0) is 20.1. The number of terminal acetylenes is 1. The van der Waals surface area contributed by atoms with Gasteiger partial charge in [-0.15, -0.1) is 18.2 Å². The Morgan fingerprint density at radius 2 is 2.18 bits per heavy atom. The molecule has 3 aromatic rings. The van der Waals surface area contributed by atoms with Gasteiger partial charge in [-0.2, -0.15) is 0 Å². The number of nitrogens with one attached hydrogen (secondary N) is 1. The minimum Gasteiger partial charge on any atom is -0.496 e. The molecular formula is C22H23N3O2S. The quantitative estimate of drug-likeness (QED) is 0.492. The van der Waals surface area contributed by atoms with Crippen molar-refractivity contribution in [1.29, 1.82) is 0 Å². The Bertz CT molecular complexity index is 1050. The molecule has 0 aliphatic heterocycles. The highest BCUT2D eigenvalue weighted by molar-refractivity contribution is 7.99. The molecule has 0 aliphatic rings. The van der Waals surface area contributed by atoms with Crippen molar-refractivity contribution in [2.45, 2.75) is 18.2 Å². The first kappa shape index (κ1) is 19.8. The average molecular weight is 394 g/mol. The fourth-order valence-electron chi connectivity index (χ4n) is 3.37. The average Bonchev–Trinajstić information content (AvgIpc) is 2.97. The lowest BCUT2D eigenvalue weighted by Crippen LogP contribution is -2.22. The largest absolute Gasteiger partial charge is 0.496 e. The summed E-state index contributed by atoms with van der Waals surface area (Å²) in [6.07, 6.45) is 7.94. The number of para-hydroxylation sites is 1. The van der Waals surface area contributed by atoms with E-state index in [1.807, 2.05) is 37.5 Å². The second-order valence-corrected chi connectivity index (χ2v) is 7.40. The van der Waals surface area contributed by atoms with Crippen molar-refractivity contribution < 1.29 is 9.53 Å². The normalized spacial score (nSPS) is 10.6. The van der Waals surface area contributed by atoms with Crippen LogP contribution in [-0.4, -0.2) is 34.9 Å². The minimum atomic E-state index is -0.0394. The van der Waals surface area contributed by atoms with E-state index in [1.165, 1.54) is 6.92 Å². The number of thioether (sulfide) groups is 1. The zero-order valence-corrected chi connectivity index (χ0v) is 17.1. The highest BCUT2D eigenvalue weighted by Crippen LogP contribution is 2.38. The van der Waals surface area contributed by atoms with Gasteiger partial charge in [0.1, 0.15) is 11.4 Å². The van der Waals surface area contributed by atoms with Crippen molar-refractivity contribution in [3.05, 3.63) is 42.1 Å². The maximum Gasteiger partial charge on any atom is 0.216 e. The van der Waals surface area contributed by atoms with Crippen molar-refractivity contribution in [2.24, 2.45) is 7.05 Å². The summed E-state index contributed by atoms with van der Waals surface area (Å²) >= 11 is 1.59. The lowest BCUT2D eigenvalue weighted by molar-refractivity contribution is -0.118. The molecule has 1 aromatic carbocycles. The van der Waals surface area contributed by atoms with Gasteiger partial charge in [0.2, 0.25) is 5.91 Å². The third-order valence-electron chi connectivity index (χ3n) is 4.54. The van der Waals surface area contributed by atoms with E-state index in [1.54, 1.807) is 18.9 Å². The van der Waals surface area contributed by atoms with Gasteiger partial charge in [0.15, 0.2) is 0 Å². The van der Waals surface area contributed by atoms with Crippen LogP contribution >= 0.6 is 11.8 Å². The molecular weight excluding hydrogens is 370 g/mol. The molecule has 144 valence electrons. The number of methoxy groups -OCH3 is 1. The number of benzene rings is 1. The summed E-state index contributed by atoms with van der Waals surface area (Å²) < 4.78 is 7.68. The van der Waals surface area contributed by atoms with E-state index in [-0.39, 0.29) is 5.91 Å². The SMILES string of the molecule is C#CCSc1cnc2c(c1)c(CCNC(C)=O)c(-c1ccccc1OC)n2C. The fourth-order valence-corrected chi connectivity index (χ4v) is 3.95. The predicted octanol–water partition coefficient (Wildman–Crippen LogP) is 3.65. The monoisotopic (exact) mass is 393 g/mol. The molecule has 0 saturated heterocycles. The number of hydrogen-bond donors (Lipinski definition) is 1. The number of carbonyl (C=O) groups excluding carboxylic acids is 1. The Labute approximate surface area is 169 Å². The van der Waals surface area contributed by atoms with Crippen LogP contribution in [-0.2, 0) is 18.3 Å². The molecule has 28 heavy (non-hydrogen) atoms. The Morgan fingerprint density at radius 3 is 2.89 bits per heavy atom. The Morgan fingerprint density at radius 1 is 1.39 bits per heavy atom. The molecule has 0 unspecified atom stereocenters. The zero-order valence-electron chi connectivity index (χ0n) is 16.3. The van der Waals surface area contributed by atoms with E-state index in [4.69, 9.17) is 11.2 Å². The molecule has 0 fully saturated rings. The van der Waals surface area contributed by atoms with E-state index < -0.39 is 0 Å². The van der Waals surface area contributed by atoms with Crippen LogP contribution < -0.4 is 10.1 Å². The lowest BCUT2D eigenvalue weighted by atomic mass is 10.0. The third kappa shape index (κ3) is 4.00. The molecule has 0 radical (unpaired) electrons. The second kappa shape index (κ2) is 8.85. The molecule has 0 spiro atoms. The van der Waals surface area contributed by atoms with Gasteiger partial charge in [0.25, 0.3) is 0 Å². The molecule has 0 saturated carbocycles. The molecule has 3 rings (SSSR count). The summed E-state index contributed by atoms with van der Waals surface area (Å²) in [4.78, 5) is 17.1. The second-order valence-electron chi connectivity index (χ2n) is 6.35. The number of rotatable bonds is 7. The number of aromatic nitrogens is 2. The number of fused-ring (bicyclic) bond motifs is 1. The van der Waals surface area contributed by atoms with Crippen LogP contribution in [0.4, 0.5) is 0 Å². The first-order valence-corrected chi connectivity index (χ1v) is 9.96. The first-order chi connectivity index (χ1) is 13.6. The number of nitrogens with zero attached hydrogens (tertiary/aromatic N) is 2. The minimum absolute atomic E-state index is 0.0394. The van der Waals surface area contributed by atoms with Crippen molar-refractivity contribution in [3.63, 3.8) is 0 Å². The van der Waals surface area contributed by atoms with E-state index in [2.05, 4.69) is 26.9 Å². The molecule has 1 amide bonds. The lowest BCUT2D eigenvalue weighted by Gasteiger charge is -2.12. The van der Waals surface area contributed by atoms with Gasteiger partial charge in [-0.3, -0.25) is 4.79 Å². The number of aryl methyl sites for hydroxylation is 1. The summed E-state index contributed by atoms with van der Waals surface area (Å²) in [6.45, 7) is 2.08. The number of pyridine rings is 1. The smallest absolute Gasteiger partial charge is 0.216 e. The topological polar surface area (TPSA) is 56.1 Å². The molecule has 0 atom stereocenters. The van der Waals surface area contributed by atoms with Crippen molar-refractivity contribution in [3.8, 4) is 29.4 Å². The van der Waals surface area contributed by atoms with Crippen LogP contribution in [0.15, 0.2) is 41.4 Å². The molecule has 2 aromatic heterocycles. The van der Waals surface area contributed by atoms with Crippen molar-refractivity contribution in [1.82, 2.24) is 14.9 Å². The summed E-state index contributed by atoms with van der Waals surface area (Å²) in [5, 5.41) is 3.96. The molecule has 0 bridgehead atoms. The van der Waals surface area contributed by atoms with E-state index >= 15 is 0 Å². The van der Waals surface area contributed by atoms with Crippen LogP contribution in [0.1, 0.15) is 12.5 Å². The van der Waals surface area contributed by atoms with Gasteiger partial charge >= 0.3 is 0 Å². The summed E-state index contributed by atoms with van der Waals surface area (Å²) in [5.74, 6) is 4.01. The van der Waals surface area contributed by atoms with Crippen LogP contribution in [0, 0.1) is 12.3 Å². The van der Waals surface area contributed by atoms with Gasteiger partial charge in [-0.05, 0) is 30.2 Å². The fraction of sp³-hybridized carbons (Fsp3) is 0.273. The Balaban J connectivity index is 2.18. The summed E-state index contributed by atoms with van der Waals surface area (Å²) in [7, 11) is 3.68. The van der Waals surface area contributed by atoms with Gasteiger partial charge in [-0.25, -0.2) is 4.98 Å². The van der Waals surface area contributed by atoms with Crippen LogP contribution in [0.3, 0.4) is 0 Å². The van der Waals surface area contributed by atoms with E-state index in [0.29, 0.717) is 18.7 Å². The van der Waals surface area contributed by atoms with Crippen LogP contribution in [0.25, 0.3) is 22.3 Å². The van der Waals surface area contributed by atoms with Crippen molar-refractivity contribution >= 4 is 28.7 Å². The van der Waals surface area contributed by atoms with E-state index in [0.717, 1.165) is 38.5 Å². The Kier molecular flexibility index (Phi) is 6.27. The maximum absolute atomic E-state index is 11.4. The molecule has 2 heterocycles. The third-order valence-corrected chi connectivity index (χ3v) is 5.41. The van der Waals surface area contributed by atoms with Gasteiger partial charge in [0.05, 0.1) is 18.6 Å².